The molecule has 0 saturated carbocycles. The number of nitrogens with one attached hydrogen (secondary N) is 2. The molecule has 4 heteroatoms. The molecular weight excluding hydrogens is 228 g/mol. The maximum atomic E-state index is 11.8. The number of furan rings is 1. The Balaban J connectivity index is 2.56. The lowest BCUT2D eigenvalue weighted by molar-refractivity contribution is -0.122. The zero-order chi connectivity index (χ0) is 13.7. The van der Waals surface area contributed by atoms with E-state index < -0.39 is 0 Å². The monoisotopic (exact) mass is 252 g/mol. The summed E-state index contributed by atoms with van der Waals surface area (Å²) in [5, 5.41) is 6.17. The van der Waals surface area contributed by atoms with Crippen molar-refractivity contribution in [1.29, 1.82) is 0 Å². The Kier molecular flexibility index (Phi) is 5.41. The molecule has 0 radical (unpaired) electrons. The lowest BCUT2D eigenvalue weighted by atomic mass is 10.1. The molecule has 0 aliphatic rings. The second-order valence-electron chi connectivity index (χ2n) is 4.77. The van der Waals surface area contributed by atoms with E-state index in [-0.39, 0.29) is 18.0 Å². The summed E-state index contributed by atoms with van der Waals surface area (Å²) in [6, 6.07) is 1.91. The smallest absolute Gasteiger partial charge is 0.236 e. The van der Waals surface area contributed by atoms with Gasteiger partial charge in [0, 0.05) is 18.2 Å². The molecule has 0 saturated heterocycles. The fourth-order valence-electron chi connectivity index (χ4n) is 2.02. The van der Waals surface area contributed by atoms with Gasteiger partial charge in [-0.05, 0) is 40.2 Å². The van der Waals surface area contributed by atoms with Crippen LogP contribution in [0.15, 0.2) is 10.5 Å². The number of rotatable bonds is 6. The predicted octanol–water partition coefficient (Wildman–Crippen LogP) is 2.46. The summed E-state index contributed by atoms with van der Waals surface area (Å²) in [6.07, 6.45) is 0.952. The highest BCUT2D eigenvalue weighted by Crippen LogP contribution is 2.21. The van der Waals surface area contributed by atoms with Gasteiger partial charge in [0.2, 0.25) is 5.91 Å². The van der Waals surface area contributed by atoms with Crippen molar-refractivity contribution in [2.24, 2.45) is 0 Å². The van der Waals surface area contributed by atoms with Crippen molar-refractivity contribution in [1.82, 2.24) is 10.6 Å². The molecule has 2 unspecified atom stereocenters. The largest absolute Gasteiger partial charge is 0.466 e. The van der Waals surface area contributed by atoms with Crippen molar-refractivity contribution in [2.45, 2.75) is 53.1 Å². The summed E-state index contributed by atoms with van der Waals surface area (Å²) in [7, 11) is 0. The number of amides is 1. The molecule has 2 atom stereocenters. The van der Waals surface area contributed by atoms with E-state index in [0.29, 0.717) is 0 Å². The molecule has 1 heterocycles. The highest BCUT2D eigenvalue weighted by molar-refractivity contribution is 5.81. The van der Waals surface area contributed by atoms with Crippen LogP contribution in [0, 0.1) is 13.8 Å². The minimum Gasteiger partial charge on any atom is -0.466 e. The van der Waals surface area contributed by atoms with E-state index in [1.165, 1.54) is 0 Å². The average Bonchev–Trinajstić information content (AvgIpc) is 2.65. The van der Waals surface area contributed by atoms with Crippen molar-refractivity contribution in [3.63, 3.8) is 0 Å². The van der Waals surface area contributed by atoms with Crippen LogP contribution in [-0.2, 0) is 4.79 Å². The van der Waals surface area contributed by atoms with Crippen LogP contribution < -0.4 is 10.6 Å². The molecule has 0 bridgehead atoms. The van der Waals surface area contributed by atoms with Crippen molar-refractivity contribution in [3.8, 4) is 0 Å². The molecule has 0 aromatic carbocycles. The summed E-state index contributed by atoms with van der Waals surface area (Å²) in [6.45, 7) is 10.6. The van der Waals surface area contributed by atoms with Crippen LogP contribution in [0.3, 0.4) is 0 Å². The van der Waals surface area contributed by atoms with E-state index in [0.717, 1.165) is 30.0 Å². The summed E-state index contributed by atoms with van der Waals surface area (Å²) < 4.78 is 5.50. The average molecular weight is 252 g/mol. The molecule has 0 fully saturated rings. The molecule has 0 aliphatic carbocycles. The van der Waals surface area contributed by atoms with Crippen molar-refractivity contribution >= 4 is 5.91 Å². The fraction of sp³-hybridized carbons (Fsp3) is 0.643. The number of hydrogen-bond acceptors (Lipinski definition) is 3. The Bertz CT molecular complexity index is 398. The van der Waals surface area contributed by atoms with Crippen LogP contribution in [0.4, 0.5) is 0 Å². The Hall–Kier alpha value is -1.29. The summed E-state index contributed by atoms with van der Waals surface area (Å²) in [5.74, 6) is 1.86. The SMILES string of the molecule is CCCNC(=O)C(C)NC(C)c1cc(C)oc1C. The summed E-state index contributed by atoms with van der Waals surface area (Å²) in [4.78, 5) is 11.8. The van der Waals surface area contributed by atoms with E-state index in [4.69, 9.17) is 4.42 Å². The van der Waals surface area contributed by atoms with Crippen LogP contribution in [0.1, 0.15) is 50.3 Å². The summed E-state index contributed by atoms with van der Waals surface area (Å²) >= 11 is 0. The quantitative estimate of drug-likeness (QED) is 0.817. The second-order valence-corrected chi connectivity index (χ2v) is 4.77. The van der Waals surface area contributed by atoms with Gasteiger partial charge in [0.15, 0.2) is 0 Å². The lowest BCUT2D eigenvalue weighted by Crippen LogP contribution is -2.43. The van der Waals surface area contributed by atoms with Gasteiger partial charge < -0.3 is 9.73 Å². The highest BCUT2D eigenvalue weighted by atomic mass is 16.3. The molecule has 102 valence electrons. The number of carbonyl (C=O) groups is 1. The minimum atomic E-state index is -0.207. The van der Waals surface area contributed by atoms with Gasteiger partial charge in [-0.1, -0.05) is 6.92 Å². The minimum absolute atomic E-state index is 0.0431. The molecule has 0 spiro atoms. The third kappa shape index (κ3) is 3.88. The highest BCUT2D eigenvalue weighted by Gasteiger charge is 2.18. The molecular formula is C14H24N2O2. The topological polar surface area (TPSA) is 54.3 Å². The molecule has 1 aromatic rings. The molecule has 18 heavy (non-hydrogen) atoms. The number of aryl methyl sites for hydroxylation is 2. The van der Waals surface area contributed by atoms with Crippen molar-refractivity contribution < 1.29 is 9.21 Å². The van der Waals surface area contributed by atoms with Crippen LogP contribution in [0.2, 0.25) is 0 Å². The van der Waals surface area contributed by atoms with E-state index in [9.17, 15) is 4.79 Å². The summed E-state index contributed by atoms with van der Waals surface area (Å²) in [5.41, 5.74) is 1.11. The van der Waals surface area contributed by atoms with Crippen LogP contribution in [0.5, 0.6) is 0 Å². The van der Waals surface area contributed by atoms with Crippen LogP contribution in [-0.4, -0.2) is 18.5 Å². The zero-order valence-corrected chi connectivity index (χ0v) is 12.0. The first-order valence-corrected chi connectivity index (χ1v) is 6.56. The van der Waals surface area contributed by atoms with E-state index >= 15 is 0 Å². The first-order valence-electron chi connectivity index (χ1n) is 6.56. The number of hydrogen-bond donors (Lipinski definition) is 2. The number of carbonyl (C=O) groups excluding carboxylic acids is 1. The van der Waals surface area contributed by atoms with Gasteiger partial charge in [0.1, 0.15) is 11.5 Å². The van der Waals surface area contributed by atoms with Gasteiger partial charge >= 0.3 is 0 Å². The fourth-order valence-corrected chi connectivity index (χ4v) is 2.02. The molecule has 1 rings (SSSR count). The third-order valence-corrected chi connectivity index (χ3v) is 2.99. The third-order valence-electron chi connectivity index (χ3n) is 2.99. The van der Waals surface area contributed by atoms with Crippen LogP contribution in [0.25, 0.3) is 0 Å². The van der Waals surface area contributed by atoms with Gasteiger partial charge in [-0.2, -0.15) is 0 Å². The van der Waals surface area contributed by atoms with Crippen molar-refractivity contribution in [3.05, 3.63) is 23.2 Å². The Morgan fingerprint density at radius 2 is 2.06 bits per heavy atom. The maximum absolute atomic E-state index is 11.8. The Labute approximate surface area is 109 Å². The Morgan fingerprint density at radius 3 is 2.56 bits per heavy atom. The molecule has 1 aromatic heterocycles. The molecule has 1 amide bonds. The van der Waals surface area contributed by atoms with Gasteiger partial charge in [0.05, 0.1) is 6.04 Å². The first-order chi connectivity index (χ1) is 8.45. The molecule has 4 nitrogen and oxygen atoms in total. The maximum Gasteiger partial charge on any atom is 0.236 e. The molecule has 0 aliphatic heterocycles. The second kappa shape index (κ2) is 6.59. The Morgan fingerprint density at radius 1 is 1.39 bits per heavy atom. The van der Waals surface area contributed by atoms with Crippen LogP contribution >= 0.6 is 0 Å². The predicted molar refractivity (Wildman–Crippen MR) is 72.5 cm³/mol. The molecule has 2 N–H and O–H groups in total. The van der Waals surface area contributed by atoms with Gasteiger partial charge in [-0.15, -0.1) is 0 Å². The van der Waals surface area contributed by atoms with Gasteiger partial charge in [-0.25, -0.2) is 0 Å². The zero-order valence-electron chi connectivity index (χ0n) is 12.0. The van der Waals surface area contributed by atoms with Crippen molar-refractivity contribution in [2.75, 3.05) is 6.54 Å². The lowest BCUT2D eigenvalue weighted by Gasteiger charge is -2.19. The van der Waals surface area contributed by atoms with E-state index in [1.54, 1.807) is 0 Å². The van der Waals surface area contributed by atoms with E-state index in [2.05, 4.69) is 10.6 Å². The standard InChI is InChI=1S/C14H24N2O2/c1-6-7-15-14(17)11(4)16-10(3)13-8-9(2)18-12(13)5/h8,10-11,16H,6-7H2,1-5H3,(H,15,17). The normalized spacial score (nSPS) is 14.3. The first kappa shape index (κ1) is 14.8. The van der Waals surface area contributed by atoms with Gasteiger partial charge in [-0.3, -0.25) is 10.1 Å². The van der Waals surface area contributed by atoms with Gasteiger partial charge in [0.25, 0.3) is 0 Å². The van der Waals surface area contributed by atoms with E-state index in [1.807, 2.05) is 40.7 Å².